The number of carbonyl (C=O) groups is 1. The monoisotopic (exact) mass is 254 g/mol. The quantitative estimate of drug-likeness (QED) is 0.832. The van der Waals surface area contributed by atoms with E-state index in [9.17, 15) is 4.79 Å². The molecule has 2 N–H and O–H groups in total. The smallest absolute Gasteiger partial charge is 0.252 e. The number of hydrogen-bond acceptors (Lipinski definition) is 2. The lowest BCUT2D eigenvalue weighted by molar-refractivity contribution is 0.0923. The second kappa shape index (κ2) is 4.11. The summed E-state index contributed by atoms with van der Waals surface area (Å²) in [6.45, 7) is 1.74. The highest BCUT2D eigenvalue weighted by molar-refractivity contribution is 9.10. The zero-order valence-corrected chi connectivity index (χ0v) is 9.17. The van der Waals surface area contributed by atoms with Gasteiger partial charge in [0.25, 0.3) is 5.91 Å². The predicted molar refractivity (Wildman–Crippen MR) is 58.3 cm³/mol. The summed E-state index contributed by atoms with van der Waals surface area (Å²) in [6, 6.07) is 7.72. The van der Waals surface area contributed by atoms with Gasteiger partial charge in [0.05, 0.1) is 11.6 Å². The minimum atomic E-state index is -0.0102. The Morgan fingerprint density at radius 1 is 1.43 bits per heavy atom. The molecule has 1 aliphatic heterocycles. The minimum Gasteiger partial charge on any atom is -0.347 e. The summed E-state index contributed by atoms with van der Waals surface area (Å²) in [5.74, 6) is -0.0102. The van der Waals surface area contributed by atoms with Crippen LogP contribution < -0.4 is 10.6 Å². The average molecular weight is 255 g/mol. The van der Waals surface area contributed by atoms with Gasteiger partial charge in [0, 0.05) is 17.6 Å². The van der Waals surface area contributed by atoms with Gasteiger partial charge in [0.15, 0.2) is 0 Å². The van der Waals surface area contributed by atoms with Crippen LogP contribution in [0.4, 0.5) is 0 Å². The lowest BCUT2D eigenvalue weighted by atomic mass is 10.1. The number of amides is 1. The zero-order valence-electron chi connectivity index (χ0n) is 7.59. The third kappa shape index (κ3) is 1.96. The van der Waals surface area contributed by atoms with Crippen LogP contribution in [0.5, 0.6) is 0 Å². The number of halogens is 1. The largest absolute Gasteiger partial charge is 0.347 e. The van der Waals surface area contributed by atoms with E-state index in [0.717, 1.165) is 17.6 Å². The molecule has 0 unspecified atom stereocenters. The average Bonchev–Trinajstić information content (AvgIpc) is 2.12. The second-order valence-electron chi connectivity index (χ2n) is 3.31. The van der Waals surface area contributed by atoms with Crippen molar-refractivity contribution < 1.29 is 4.79 Å². The van der Waals surface area contributed by atoms with E-state index in [4.69, 9.17) is 0 Å². The van der Waals surface area contributed by atoms with E-state index in [-0.39, 0.29) is 11.9 Å². The Balaban J connectivity index is 2.06. The van der Waals surface area contributed by atoms with Crippen molar-refractivity contribution in [1.29, 1.82) is 0 Å². The van der Waals surface area contributed by atoms with E-state index >= 15 is 0 Å². The van der Waals surface area contributed by atoms with Gasteiger partial charge in [-0.2, -0.15) is 0 Å². The Labute approximate surface area is 91.0 Å². The summed E-state index contributed by atoms with van der Waals surface area (Å²) in [4.78, 5) is 11.7. The first-order chi connectivity index (χ1) is 6.77. The SMILES string of the molecule is O=C(NC1CNC1)c1ccccc1Br. The summed E-state index contributed by atoms with van der Waals surface area (Å²) in [5.41, 5.74) is 0.694. The van der Waals surface area contributed by atoms with Gasteiger partial charge in [0.2, 0.25) is 0 Å². The highest BCUT2D eigenvalue weighted by Gasteiger charge is 2.20. The molecule has 0 aromatic heterocycles. The first-order valence-electron chi connectivity index (χ1n) is 4.53. The Bertz CT molecular complexity index is 350. The third-order valence-electron chi connectivity index (χ3n) is 2.24. The summed E-state index contributed by atoms with van der Waals surface area (Å²) >= 11 is 3.35. The van der Waals surface area contributed by atoms with Crippen molar-refractivity contribution in [1.82, 2.24) is 10.6 Å². The van der Waals surface area contributed by atoms with E-state index < -0.39 is 0 Å². The molecule has 1 saturated heterocycles. The molecule has 1 fully saturated rings. The van der Waals surface area contributed by atoms with Crippen LogP contribution in [0.1, 0.15) is 10.4 Å². The van der Waals surface area contributed by atoms with Gasteiger partial charge in [-0.3, -0.25) is 4.79 Å². The molecule has 1 heterocycles. The molecule has 1 aromatic carbocycles. The number of nitrogens with one attached hydrogen (secondary N) is 2. The van der Waals surface area contributed by atoms with Crippen LogP contribution in [0, 0.1) is 0 Å². The third-order valence-corrected chi connectivity index (χ3v) is 2.93. The van der Waals surface area contributed by atoms with Gasteiger partial charge < -0.3 is 10.6 Å². The summed E-state index contributed by atoms with van der Waals surface area (Å²) in [5, 5.41) is 6.05. The van der Waals surface area contributed by atoms with Crippen molar-refractivity contribution in [2.24, 2.45) is 0 Å². The topological polar surface area (TPSA) is 41.1 Å². The molecule has 0 bridgehead atoms. The van der Waals surface area contributed by atoms with E-state index in [1.54, 1.807) is 0 Å². The highest BCUT2D eigenvalue weighted by Crippen LogP contribution is 2.15. The number of hydrogen-bond donors (Lipinski definition) is 2. The van der Waals surface area contributed by atoms with Crippen LogP contribution in [0.25, 0.3) is 0 Å². The Morgan fingerprint density at radius 2 is 2.14 bits per heavy atom. The first kappa shape index (κ1) is 9.68. The molecular weight excluding hydrogens is 244 g/mol. The van der Waals surface area contributed by atoms with Crippen LogP contribution in [0.15, 0.2) is 28.7 Å². The maximum atomic E-state index is 11.7. The van der Waals surface area contributed by atoms with Crippen molar-refractivity contribution >= 4 is 21.8 Å². The lowest BCUT2D eigenvalue weighted by Crippen LogP contribution is -2.56. The molecule has 1 amide bonds. The molecule has 0 saturated carbocycles. The van der Waals surface area contributed by atoms with Crippen LogP contribution in [0.3, 0.4) is 0 Å². The molecule has 3 nitrogen and oxygen atoms in total. The molecule has 0 atom stereocenters. The van der Waals surface area contributed by atoms with Crippen LogP contribution in [-0.2, 0) is 0 Å². The van der Waals surface area contributed by atoms with Gasteiger partial charge >= 0.3 is 0 Å². The van der Waals surface area contributed by atoms with E-state index in [2.05, 4.69) is 26.6 Å². The number of rotatable bonds is 2. The maximum Gasteiger partial charge on any atom is 0.252 e. The fourth-order valence-electron chi connectivity index (χ4n) is 1.30. The normalized spacial score (nSPS) is 16.1. The first-order valence-corrected chi connectivity index (χ1v) is 5.33. The number of carbonyl (C=O) groups excluding carboxylic acids is 1. The second-order valence-corrected chi connectivity index (χ2v) is 4.16. The minimum absolute atomic E-state index is 0.0102. The van der Waals surface area contributed by atoms with Crippen molar-refractivity contribution in [3.05, 3.63) is 34.3 Å². The van der Waals surface area contributed by atoms with Crippen LogP contribution in [-0.4, -0.2) is 25.0 Å². The molecule has 1 aromatic rings. The fourth-order valence-corrected chi connectivity index (χ4v) is 1.76. The van der Waals surface area contributed by atoms with Gasteiger partial charge in [-0.1, -0.05) is 12.1 Å². The predicted octanol–water partition coefficient (Wildman–Crippen LogP) is 1.15. The van der Waals surface area contributed by atoms with Crippen molar-refractivity contribution in [3.63, 3.8) is 0 Å². The summed E-state index contributed by atoms with van der Waals surface area (Å²) in [6.07, 6.45) is 0. The zero-order chi connectivity index (χ0) is 9.97. The molecule has 0 aliphatic carbocycles. The van der Waals surface area contributed by atoms with Crippen LogP contribution in [0.2, 0.25) is 0 Å². The summed E-state index contributed by atoms with van der Waals surface area (Å²) in [7, 11) is 0. The van der Waals surface area contributed by atoms with E-state index in [0.29, 0.717) is 5.56 Å². The molecule has 4 heteroatoms. The van der Waals surface area contributed by atoms with E-state index in [1.807, 2.05) is 24.3 Å². The lowest BCUT2D eigenvalue weighted by Gasteiger charge is -2.28. The Hall–Kier alpha value is -0.870. The highest BCUT2D eigenvalue weighted by atomic mass is 79.9. The maximum absolute atomic E-state index is 11.7. The van der Waals surface area contributed by atoms with Gasteiger partial charge in [-0.05, 0) is 28.1 Å². The van der Waals surface area contributed by atoms with Crippen molar-refractivity contribution in [2.75, 3.05) is 13.1 Å². The molecule has 2 rings (SSSR count). The molecule has 0 radical (unpaired) electrons. The molecule has 14 heavy (non-hydrogen) atoms. The molecule has 0 spiro atoms. The van der Waals surface area contributed by atoms with Gasteiger partial charge in [-0.25, -0.2) is 0 Å². The molecule has 1 aliphatic rings. The summed E-state index contributed by atoms with van der Waals surface area (Å²) < 4.78 is 0.838. The molecule has 74 valence electrons. The van der Waals surface area contributed by atoms with Crippen molar-refractivity contribution in [2.45, 2.75) is 6.04 Å². The molecular formula is C10H11BrN2O. The Kier molecular flexibility index (Phi) is 2.84. The fraction of sp³-hybridized carbons (Fsp3) is 0.300. The van der Waals surface area contributed by atoms with Crippen molar-refractivity contribution in [3.8, 4) is 0 Å². The van der Waals surface area contributed by atoms with Gasteiger partial charge in [-0.15, -0.1) is 0 Å². The van der Waals surface area contributed by atoms with E-state index in [1.165, 1.54) is 0 Å². The Morgan fingerprint density at radius 3 is 2.71 bits per heavy atom. The standard InChI is InChI=1S/C10H11BrN2O/c11-9-4-2-1-3-8(9)10(14)13-7-5-12-6-7/h1-4,7,12H,5-6H2,(H,13,14). The van der Waals surface area contributed by atoms with Gasteiger partial charge in [0.1, 0.15) is 0 Å². The van der Waals surface area contributed by atoms with Crippen LogP contribution >= 0.6 is 15.9 Å². The number of benzene rings is 1.